The van der Waals surface area contributed by atoms with Crippen LogP contribution in [0.2, 0.25) is 0 Å². The van der Waals surface area contributed by atoms with Gasteiger partial charge in [-0.2, -0.15) is 4.98 Å². The number of nitrogens with zero attached hydrogens (tertiary/aromatic N) is 5. The summed E-state index contributed by atoms with van der Waals surface area (Å²) < 4.78 is 0. The quantitative estimate of drug-likeness (QED) is 0.596. The number of aromatic nitrogens is 2. The monoisotopic (exact) mass is 309 g/mol. The van der Waals surface area contributed by atoms with Crippen LogP contribution in [0, 0.1) is 6.92 Å². The summed E-state index contributed by atoms with van der Waals surface area (Å²) in [4.78, 5) is 8.74. The largest absolute Gasteiger partial charge is 0.373 e. The van der Waals surface area contributed by atoms with E-state index in [0.717, 1.165) is 22.9 Å². The van der Waals surface area contributed by atoms with E-state index in [-0.39, 0.29) is 0 Å². The highest BCUT2D eigenvalue weighted by molar-refractivity contribution is 5.63. The maximum Gasteiger partial charge on any atom is 0.229 e. The zero-order valence-electron chi connectivity index (χ0n) is 13.2. The number of hydrogen-bond acceptors (Lipinski definition) is 6. The number of nitrogens with one attached hydrogen (secondary N) is 2. The Kier molecular flexibility index (Phi) is 5.40. The van der Waals surface area contributed by atoms with Crippen molar-refractivity contribution in [2.45, 2.75) is 6.92 Å². The zero-order chi connectivity index (χ0) is 16.7. The molecule has 0 unspecified atom stereocenters. The van der Waals surface area contributed by atoms with Crippen LogP contribution in [0.4, 0.5) is 23.1 Å². The van der Waals surface area contributed by atoms with Gasteiger partial charge in [0.05, 0.1) is 5.69 Å². The molecular formula is C16H19N7. The lowest BCUT2D eigenvalue weighted by molar-refractivity contribution is 0.966. The standard InChI is InChI=1S/C16H19N7/c1-5-18-22-23(6-2)14-9-7-8-13(11-14)20-16-19-12(3)10-15(17-4)21-16/h5-11H,1-2H2,3-4H3,(H2,17,19,20,21)/b22-18-. The first kappa shape index (κ1) is 16.2. The lowest BCUT2D eigenvalue weighted by atomic mass is 10.2. The van der Waals surface area contributed by atoms with E-state index in [2.05, 4.69) is 44.1 Å². The predicted octanol–water partition coefficient (Wildman–Crippen LogP) is 4.03. The predicted molar refractivity (Wildman–Crippen MR) is 93.8 cm³/mol. The Morgan fingerprint density at radius 3 is 2.74 bits per heavy atom. The highest BCUT2D eigenvalue weighted by Gasteiger charge is 2.05. The smallest absolute Gasteiger partial charge is 0.229 e. The molecule has 7 nitrogen and oxygen atoms in total. The summed E-state index contributed by atoms with van der Waals surface area (Å²) in [6.45, 7) is 9.14. The average Bonchev–Trinajstić information content (AvgIpc) is 2.55. The van der Waals surface area contributed by atoms with Crippen LogP contribution in [0.5, 0.6) is 0 Å². The van der Waals surface area contributed by atoms with Gasteiger partial charge >= 0.3 is 0 Å². The Labute approximate surface area is 135 Å². The highest BCUT2D eigenvalue weighted by atomic mass is 15.5. The van der Waals surface area contributed by atoms with E-state index in [0.29, 0.717) is 5.95 Å². The van der Waals surface area contributed by atoms with Crippen LogP contribution in [0.25, 0.3) is 0 Å². The van der Waals surface area contributed by atoms with Crippen molar-refractivity contribution in [3.63, 3.8) is 0 Å². The molecule has 0 amide bonds. The summed E-state index contributed by atoms with van der Waals surface area (Å²) >= 11 is 0. The van der Waals surface area contributed by atoms with Gasteiger partial charge in [-0.1, -0.05) is 24.4 Å². The molecule has 23 heavy (non-hydrogen) atoms. The number of benzene rings is 1. The summed E-state index contributed by atoms with van der Waals surface area (Å²) in [5, 5.41) is 15.5. The molecule has 0 spiro atoms. The van der Waals surface area contributed by atoms with Crippen molar-refractivity contribution in [3.8, 4) is 0 Å². The zero-order valence-corrected chi connectivity index (χ0v) is 13.2. The van der Waals surface area contributed by atoms with Gasteiger partial charge in [0.2, 0.25) is 5.95 Å². The molecule has 2 aromatic rings. The first-order valence-corrected chi connectivity index (χ1v) is 7.00. The van der Waals surface area contributed by atoms with Gasteiger partial charge in [0.15, 0.2) is 0 Å². The molecular weight excluding hydrogens is 290 g/mol. The van der Waals surface area contributed by atoms with Gasteiger partial charge < -0.3 is 10.6 Å². The molecule has 0 aliphatic carbocycles. The lowest BCUT2D eigenvalue weighted by Crippen LogP contribution is -2.06. The normalized spacial score (nSPS) is 10.3. The van der Waals surface area contributed by atoms with Gasteiger partial charge in [-0.15, -0.1) is 5.11 Å². The molecule has 1 aromatic heterocycles. The minimum atomic E-state index is 0.518. The van der Waals surface area contributed by atoms with E-state index in [4.69, 9.17) is 0 Å². The van der Waals surface area contributed by atoms with E-state index in [9.17, 15) is 0 Å². The van der Waals surface area contributed by atoms with Crippen molar-refractivity contribution >= 4 is 23.1 Å². The summed E-state index contributed by atoms with van der Waals surface area (Å²) in [6.07, 6.45) is 2.92. The molecule has 2 rings (SSSR count). The summed E-state index contributed by atoms with van der Waals surface area (Å²) in [6, 6.07) is 9.48. The van der Waals surface area contributed by atoms with Crippen LogP contribution in [-0.2, 0) is 0 Å². The third-order valence-electron chi connectivity index (χ3n) is 2.88. The fraction of sp³-hybridized carbons (Fsp3) is 0.125. The molecule has 7 heteroatoms. The fourth-order valence-corrected chi connectivity index (χ4v) is 1.89. The molecule has 1 aromatic carbocycles. The van der Waals surface area contributed by atoms with Crippen molar-refractivity contribution in [2.24, 2.45) is 10.3 Å². The van der Waals surface area contributed by atoms with E-state index >= 15 is 0 Å². The lowest BCUT2D eigenvalue weighted by Gasteiger charge is -2.14. The summed E-state index contributed by atoms with van der Waals surface area (Å²) in [7, 11) is 1.82. The van der Waals surface area contributed by atoms with Crippen molar-refractivity contribution < 1.29 is 0 Å². The molecule has 0 bridgehead atoms. The van der Waals surface area contributed by atoms with Crippen molar-refractivity contribution in [1.29, 1.82) is 0 Å². The number of hydrogen-bond donors (Lipinski definition) is 2. The van der Waals surface area contributed by atoms with E-state index in [1.165, 1.54) is 6.20 Å². The topological polar surface area (TPSA) is 77.8 Å². The van der Waals surface area contributed by atoms with Crippen LogP contribution < -0.4 is 15.6 Å². The molecule has 0 aliphatic heterocycles. The third-order valence-corrected chi connectivity index (χ3v) is 2.88. The molecule has 0 aliphatic rings. The van der Waals surface area contributed by atoms with Crippen molar-refractivity contribution in [1.82, 2.24) is 9.97 Å². The van der Waals surface area contributed by atoms with Gasteiger partial charge in [-0.3, -0.25) is 0 Å². The average molecular weight is 309 g/mol. The second-order valence-electron chi connectivity index (χ2n) is 4.56. The van der Waals surface area contributed by atoms with Crippen LogP contribution >= 0.6 is 0 Å². The molecule has 0 radical (unpaired) electrons. The molecule has 0 saturated heterocycles. The summed E-state index contributed by atoms with van der Waals surface area (Å²) in [5.41, 5.74) is 2.50. The van der Waals surface area contributed by atoms with E-state index < -0.39 is 0 Å². The minimum Gasteiger partial charge on any atom is -0.373 e. The Bertz CT molecular complexity index is 724. The third kappa shape index (κ3) is 4.37. The Morgan fingerprint density at radius 2 is 2.04 bits per heavy atom. The highest BCUT2D eigenvalue weighted by Crippen LogP contribution is 2.22. The second kappa shape index (κ2) is 7.69. The minimum absolute atomic E-state index is 0.518. The van der Waals surface area contributed by atoms with Gasteiger partial charge in [0, 0.05) is 36.9 Å². The van der Waals surface area contributed by atoms with Crippen LogP contribution in [-0.4, -0.2) is 17.0 Å². The molecule has 0 fully saturated rings. The first-order valence-electron chi connectivity index (χ1n) is 7.00. The molecule has 0 atom stereocenters. The Balaban J connectivity index is 2.26. The Morgan fingerprint density at radius 1 is 1.22 bits per heavy atom. The maximum absolute atomic E-state index is 4.37. The van der Waals surface area contributed by atoms with Crippen molar-refractivity contribution in [2.75, 3.05) is 22.7 Å². The second-order valence-corrected chi connectivity index (χ2v) is 4.56. The van der Waals surface area contributed by atoms with Gasteiger partial charge in [0.25, 0.3) is 0 Å². The molecule has 1 heterocycles. The first-order chi connectivity index (χ1) is 11.2. The van der Waals surface area contributed by atoms with Crippen molar-refractivity contribution in [3.05, 3.63) is 61.6 Å². The van der Waals surface area contributed by atoms with Gasteiger partial charge in [-0.25, -0.2) is 9.99 Å². The van der Waals surface area contributed by atoms with E-state index in [1.807, 2.05) is 44.3 Å². The van der Waals surface area contributed by atoms with E-state index in [1.54, 1.807) is 11.2 Å². The number of anilines is 4. The maximum atomic E-state index is 4.37. The fourth-order valence-electron chi connectivity index (χ4n) is 1.89. The summed E-state index contributed by atoms with van der Waals surface area (Å²) in [5.74, 6) is 1.27. The van der Waals surface area contributed by atoms with Crippen LogP contribution in [0.1, 0.15) is 5.69 Å². The number of rotatable bonds is 7. The van der Waals surface area contributed by atoms with Crippen LogP contribution in [0.3, 0.4) is 0 Å². The molecule has 2 N–H and O–H groups in total. The van der Waals surface area contributed by atoms with Gasteiger partial charge in [0.1, 0.15) is 5.82 Å². The molecule has 0 saturated carbocycles. The number of aryl methyl sites for hydroxylation is 1. The van der Waals surface area contributed by atoms with Gasteiger partial charge in [-0.05, 0) is 25.1 Å². The SMILES string of the molecule is C=C/N=N\N(C=C)c1cccc(Nc2nc(C)cc(NC)n2)c1. The Hall–Kier alpha value is -3.22. The van der Waals surface area contributed by atoms with Crippen LogP contribution in [0.15, 0.2) is 66.2 Å². The molecule has 118 valence electrons.